The summed E-state index contributed by atoms with van der Waals surface area (Å²) in [6, 6.07) is 4.28. The first kappa shape index (κ1) is 12.9. The van der Waals surface area contributed by atoms with Crippen molar-refractivity contribution < 1.29 is 4.74 Å². The molecular formula is C11H16BrNOS. The summed E-state index contributed by atoms with van der Waals surface area (Å²) in [6.45, 7) is 0.734. The minimum Gasteiger partial charge on any atom is -0.494 e. The summed E-state index contributed by atoms with van der Waals surface area (Å²) in [5.74, 6) is 0.916. The van der Waals surface area contributed by atoms with Crippen molar-refractivity contribution in [1.82, 2.24) is 0 Å². The standard InChI is InChI=1S/C11H16BrNOS/c1-14-11-9(12)6-8(4-3-5-13)7-10(11)15-2/h6-7H,3-5,13H2,1-2H3. The first-order valence-corrected chi connectivity index (χ1v) is 6.85. The Bertz CT molecular complexity index is 331. The molecule has 0 saturated carbocycles. The van der Waals surface area contributed by atoms with Gasteiger partial charge < -0.3 is 10.5 Å². The molecule has 84 valence electrons. The Hall–Kier alpha value is -0.190. The SMILES string of the molecule is COc1c(Br)cc(CCCN)cc1SC. The van der Waals surface area contributed by atoms with E-state index in [1.54, 1.807) is 18.9 Å². The Balaban J connectivity index is 2.97. The lowest BCUT2D eigenvalue weighted by molar-refractivity contribution is 0.402. The molecule has 0 aliphatic carbocycles. The lowest BCUT2D eigenvalue weighted by atomic mass is 10.1. The first-order valence-electron chi connectivity index (χ1n) is 4.83. The van der Waals surface area contributed by atoms with Crippen LogP contribution in [0, 0.1) is 0 Å². The fourth-order valence-corrected chi connectivity index (χ4v) is 2.87. The summed E-state index contributed by atoms with van der Waals surface area (Å²) in [7, 11) is 1.69. The molecule has 1 rings (SSSR count). The average Bonchev–Trinajstić information content (AvgIpc) is 2.25. The normalized spacial score (nSPS) is 10.4. The predicted octanol–water partition coefficient (Wildman–Crippen LogP) is 3.07. The van der Waals surface area contributed by atoms with Crippen LogP contribution in [0.2, 0.25) is 0 Å². The topological polar surface area (TPSA) is 35.2 Å². The van der Waals surface area contributed by atoms with E-state index in [-0.39, 0.29) is 0 Å². The number of thioether (sulfide) groups is 1. The molecule has 0 atom stereocenters. The van der Waals surface area contributed by atoms with Gasteiger partial charge in [-0.15, -0.1) is 11.8 Å². The number of benzene rings is 1. The zero-order valence-corrected chi connectivity index (χ0v) is 11.5. The van der Waals surface area contributed by atoms with Gasteiger partial charge in [-0.2, -0.15) is 0 Å². The number of nitrogens with two attached hydrogens (primary N) is 1. The minimum atomic E-state index is 0.734. The van der Waals surface area contributed by atoms with Crippen LogP contribution in [0.4, 0.5) is 0 Å². The van der Waals surface area contributed by atoms with Crippen LogP contribution in [0.15, 0.2) is 21.5 Å². The van der Waals surface area contributed by atoms with Crippen molar-refractivity contribution in [1.29, 1.82) is 0 Å². The summed E-state index contributed by atoms with van der Waals surface area (Å²) < 4.78 is 6.35. The van der Waals surface area contributed by atoms with Crippen LogP contribution < -0.4 is 10.5 Å². The van der Waals surface area contributed by atoms with Gasteiger partial charge in [-0.05, 0) is 59.3 Å². The molecule has 0 unspecified atom stereocenters. The number of rotatable bonds is 5. The number of ether oxygens (including phenoxy) is 1. The van der Waals surface area contributed by atoms with Gasteiger partial charge in [0.05, 0.1) is 16.5 Å². The van der Waals surface area contributed by atoms with Crippen LogP contribution in [0.3, 0.4) is 0 Å². The van der Waals surface area contributed by atoms with E-state index in [4.69, 9.17) is 10.5 Å². The van der Waals surface area contributed by atoms with E-state index in [2.05, 4.69) is 34.3 Å². The highest BCUT2D eigenvalue weighted by Gasteiger charge is 2.08. The second-order valence-corrected chi connectivity index (χ2v) is 4.91. The number of hydrogen-bond donors (Lipinski definition) is 1. The smallest absolute Gasteiger partial charge is 0.146 e. The van der Waals surface area contributed by atoms with Crippen LogP contribution in [0.1, 0.15) is 12.0 Å². The monoisotopic (exact) mass is 289 g/mol. The lowest BCUT2D eigenvalue weighted by Crippen LogP contribution is -2.00. The molecule has 0 saturated heterocycles. The van der Waals surface area contributed by atoms with Gasteiger partial charge in [-0.3, -0.25) is 0 Å². The molecule has 0 amide bonds. The van der Waals surface area contributed by atoms with Crippen LogP contribution in [0.25, 0.3) is 0 Å². The van der Waals surface area contributed by atoms with Gasteiger partial charge in [0.1, 0.15) is 5.75 Å². The van der Waals surface area contributed by atoms with Crippen molar-refractivity contribution in [2.45, 2.75) is 17.7 Å². The summed E-state index contributed by atoms with van der Waals surface area (Å²) in [5.41, 5.74) is 6.80. The van der Waals surface area contributed by atoms with Gasteiger partial charge >= 0.3 is 0 Å². The number of hydrogen-bond acceptors (Lipinski definition) is 3. The fourth-order valence-electron chi connectivity index (χ4n) is 1.42. The third-order valence-corrected chi connectivity index (χ3v) is 3.50. The van der Waals surface area contributed by atoms with E-state index in [1.807, 2.05) is 0 Å². The highest BCUT2D eigenvalue weighted by atomic mass is 79.9. The van der Waals surface area contributed by atoms with E-state index in [0.717, 1.165) is 29.6 Å². The molecule has 1 aromatic carbocycles. The molecule has 4 heteroatoms. The molecule has 0 aliphatic heterocycles. The molecule has 0 fully saturated rings. The molecular weight excluding hydrogens is 274 g/mol. The minimum absolute atomic E-state index is 0.734. The molecule has 0 aliphatic rings. The van der Waals surface area contributed by atoms with Crippen LogP contribution in [-0.2, 0) is 6.42 Å². The predicted molar refractivity (Wildman–Crippen MR) is 69.9 cm³/mol. The van der Waals surface area contributed by atoms with Gasteiger partial charge in [0.2, 0.25) is 0 Å². The van der Waals surface area contributed by atoms with Crippen molar-refractivity contribution in [3.05, 3.63) is 22.2 Å². The Labute approximate surface area is 104 Å². The van der Waals surface area contributed by atoms with Gasteiger partial charge in [-0.25, -0.2) is 0 Å². The van der Waals surface area contributed by atoms with Crippen LogP contribution in [-0.4, -0.2) is 19.9 Å². The fraction of sp³-hybridized carbons (Fsp3) is 0.455. The zero-order chi connectivity index (χ0) is 11.3. The third-order valence-electron chi connectivity index (χ3n) is 2.16. The van der Waals surface area contributed by atoms with Crippen LogP contribution >= 0.6 is 27.7 Å². The second-order valence-electron chi connectivity index (χ2n) is 3.21. The van der Waals surface area contributed by atoms with Crippen molar-refractivity contribution in [3.8, 4) is 5.75 Å². The largest absolute Gasteiger partial charge is 0.494 e. The molecule has 0 heterocycles. The third kappa shape index (κ3) is 3.40. The molecule has 15 heavy (non-hydrogen) atoms. The summed E-state index contributed by atoms with van der Waals surface area (Å²) in [5, 5.41) is 0. The Kier molecular flexibility index (Phi) is 5.50. The Morgan fingerprint density at radius 1 is 1.47 bits per heavy atom. The molecule has 2 N–H and O–H groups in total. The van der Waals surface area contributed by atoms with E-state index < -0.39 is 0 Å². The maximum Gasteiger partial charge on any atom is 0.146 e. The van der Waals surface area contributed by atoms with E-state index >= 15 is 0 Å². The quantitative estimate of drug-likeness (QED) is 0.846. The Morgan fingerprint density at radius 3 is 2.73 bits per heavy atom. The van der Waals surface area contributed by atoms with E-state index in [0.29, 0.717) is 0 Å². The van der Waals surface area contributed by atoms with Gasteiger partial charge in [0.15, 0.2) is 0 Å². The second kappa shape index (κ2) is 6.40. The number of aryl methyl sites for hydroxylation is 1. The lowest BCUT2D eigenvalue weighted by Gasteiger charge is -2.11. The van der Waals surface area contributed by atoms with Gasteiger partial charge in [-0.1, -0.05) is 0 Å². The maximum atomic E-state index is 5.50. The highest BCUT2D eigenvalue weighted by Crippen LogP contribution is 2.36. The van der Waals surface area contributed by atoms with Crippen molar-refractivity contribution in [3.63, 3.8) is 0 Å². The Morgan fingerprint density at radius 2 is 2.20 bits per heavy atom. The summed E-state index contributed by atoms with van der Waals surface area (Å²) >= 11 is 5.22. The van der Waals surface area contributed by atoms with Gasteiger partial charge in [0, 0.05) is 0 Å². The molecule has 1 aromatic rings. The molecule has 2 nitrogen and oxygen atoms in total. The number of halogens is 1. The first-order chi connectivity index (χ1) is 7.22. The van der Waals surface area contributed by atoms with Crippen LogP contribution in [0.5, 0.6) is 5.75 Å². The summed E-state index contributed by atoms with van der Waals surface area (Å²) in [4.78, 5) is 1.17. The molecule has 0 radical (unpaired) electrons. The van der Waals surface area contributed by atoms with Crippen molar-refractivity contribution in [2.75, 3.05) is 19.9 Å². The molecule has 0 bridgehead atoms. The van der Waals surface area contributed by atoms with Gasteiger partial charge in [0.25, 0.3) is 0 Å². The molecule has 0 spiro atoms. The maximum absolute atomic E-state index is 5.50. The zero-order valence-electron chi connectivity index (χ0n) is 9.05. The highest BCUT2D eigenvalue weighted by molar-refractivity contribution is 9.10. The summed E-state index contributed by atoms with van der Waals surface area (Å²) in [6.07, 6.45) is 4.09. The number of methoxy groups -OCH3 is 1. The van der Waals surface area contributed by atoms with Crippen molar-refractivity contribution in [2.24, 2.45) is 5.73 Å². The van der Waals surface area contributed by atoms with E-state index in [1.165, 1.54) is 10.5 Å². The van der Waals surface area contributed by atoms with E-state index in [9.17, 15) is 0 Å². The molecule has 0 aromatic heterocycles. The van der Waals surface area contributed by atoms with Crippen molar-refractivity contribution >= 4 is 27.7 Å². The average molecular weight is 290 g/mol.